The molecule has 0 bridgehead atoms. The molecular formula is C25H29N7O5. The predicted molar refractivity (Wildman–Crippen MR) is 134 cm³/mol. The summed E-state index contributed by atoms with van der Waals surface area (Å²) in [6.07, 6.45) is -3.94. The lowest BCUT2D eigenvalue weighted by Crippen LogP contribution is -2.41. The molecule has 1 aliphatic rings. The molecule has 5 N–H and O–H groups in total. The van der Waals surface area contributed by atoms with Crippen molar-refractivity contribution in [1.82, 2.24) is 29.7 Å². The van der Waals surface area contributed by atoms with Gasteiger partial charge in [0.2, 0.25) is 5.82 Å². The maximum atomic E-state index is 13.0. The second-order valence-corrected chi connectivity index (χ2v) is 9.05. The van der Waals surface area contributed by atoms with Crippen LogP contribution in [0, 0.1) is 17.8 Å². The number of rotatable bonds is 6. The number of anilines is 1. The Hall–Kier alpha value is -4.05. The van der Waals surface area contributed by atoms with Crippen LogP contribution in [-0.4, -0.2) is 84.9 Å². The normalized spacial score (nSPS) is 21.0. The van der Waals surface area contributed by atoms with E-state index < -0.39 is 30.4 Å². The molecule has 1 unspecified atom stereocenters. The first-order valence-corrected chi connectivity index (χ1v) is 11.8. The van der Waals surface area contributed by atoms with E-state index >= 15 is 0 Å². The Morgan fingerprint density at radius 1 is 1.22 bits per heavy atom. The van der Waals surface area contributed by atoms with Crippen LogP contribution in [0.1, 0.15) is 36.3 Å². The molecule has 0 radical (unpaired) electrons. The van der Waals surface area contributed by atoms with Crippen molar-refractivity contribution in [3.05, 3.63) is 48.0 Å². The molecule has 12 nitrogen and oxygen atoms in total. The van der Waals surface area contributed by atoms with Crippen LogP contribution in [-0.2, 0) is 9.53 Å². The van der Waals surface area contributed by atoms with Crippen molar-refractivity contribution in [3.63, 3.8) is 0 Å². The number of nitrogens with one attached hydrogen (secondary N) is 1. The number of likely N-dealkylation sites (N-methyl/N-ethyl adjacent to an activating group) is 1. The molecule has 1 saturated heterocycles. The third-order valence-corrected chi connectivity index (χ3v) is 5.83. The van der Waals surface area contributed by atoms with Gasteiger partial charge in [-0.05, 0) is 24.0 Å². The van der Waals surface area contributed by atoms with E-state index in [0.717, 1.165) is 0 Å². The van der Waals surface area contributed by atoms with Crippen molar-refractivity contribution in [2.75, 3.05) is 25.9 Å². The zero-order chi connectivity index (χ0) is 26.7. The molecule has 0 spiro atoms. The van der Waals surface area contributed by atoms with E-state index in [-0.39, 0.29) is 41.2 Å². The number of fused-ring (bicyclic) bond motifs is 1. The number of benzene rings is 1. The van der Waals surface area contributed by atoms with E-state index in [0.29, 0.717) is 12.1 Å². The van der Waals surface area contributed by atoms with Crippen molar-refractivity contribution in [2.45, 2.75) is 38.4 Å². The average Bonchev–Trinajstić information content (AvgIpc) is 3.44. The quantitative estimate of drug-likeness (QED) is 0.334. The number of nitrogens with two attached hydrogens (primary N) is 1. The zero-order valence-corrected chi connectivity index (χ0v) is 20.7. The van der Waals surface area contributed by atoms with Gasteiger partial charge in [0.1, 0.15) is 17.7 Å². The number of aliphatic hydroxyl groups excluding tert-OH is 2. The number of aromatic nitrogens is 4. The van der Waals surface area contributed by atoms with Crippen LogP contribution >= 0.6 is 0 Å². The van der Waals surface area contributed by atoms with E-state index in [1.165, 1.54) is 17.9 Å². The van der Waals surface area contributed by atoms with Crippen molar-refractivity contribution in [1.29, 1.82) is 0 Å². The molecule has 2 aromatic heterocycles. The van der Waals surface area contributed by atoms with Gasteiger partial charge in [-0.15, -0.1) is 0 Å². The molecule has 0 aliphatic carbocycles. The van der Waals surface area contributed by atoms with Crippen LogP contribution in [0.2, 0.25) is 0 Å². The first kappa shape index (κ1) is 26.0. The maximum absolute atomic E-state index is 13.0. The van der Waals surface area contributed by atoms with Gasteiger partial charge >= 0.3 is 0 Å². The minimum absolute atomic E-state index is 0.0586. The van der Waals surface area contributed by atoms with Crippen LogP contribution in [0.25, 0.3) is 11.2 Å². The topological polar surface area (TPSA) is 169 Å². The van der Waals surface area contributed by atoms with Crippen LogP contribution in [0.15, 0.2) is 36.7 Å². The lowest BCUT2D eigenvalue weighted by atomic mass is 10.1. The molecule has 37 heavy (non-hydrogen) atoms. The molecule has 0 saturated carbocycles. The van der Waals surface area contributed by atoms with Crippen LogP contribution in [0.5, 0.6) is 0 Å². The SMILES string of the molecule is CNC(=O)[C@H]1O[C@@H](n2cnc3c(N)nc(C#CCN(CC(C)C)C(=O)c4ccccc4)nc32)C(O)[C@@H]1O. The fourth-order valence-corrected chi connectivity index (χ4v) is 4.07. The number of carbonyl (C=O) groups excluding carboxylic acids is 2. The Bertz CT molecular complexity index is 1350. The van der Waals surface area contributed by atoms with E-state index in [2.05, 4.69) is 32.1 Å². The summed E-state index contributed by atoms with van der Waals surface area (Å²) in [5, 5.41) is 23.2. The Labute approximate surface area is 213 Å². The molecule has 12 heteroatoms. The largest absolute Gasteiger partial charge is 0.387 e. The van der Waals surface area contributed by atoms with Gasteiger partial charge < -0.3 is 30.9 Å². The van der Waals surface area contributed by atoms with Gasteiger partial charge in [0, 0.05) is 19.2 Å². The fraction of sp³-hybridized carbons (Fsp3) is 0.400. The second-order valence-electron chi connectivity index (χ2n) is 9.05. The minimum atomic E-state index is -1.45. The number of carbonyl (C=O) groups is 2. The first-order valence-electron chi connectivity index (χ1n) is 11.8. The van der Waals surface area contributed by atoms with Crippen molar-refractivity contribution in [3.8, 4) is 11.8 Å². The van der Waals surface area contributed by atoms with Crippen LogP contribution in [0.4, 0.5) is 5.82 Å². The highest BCUT2D eigenvalue weighted by molar-refractivity contribution is 5.94. The summed E-state index contributed by atoms with van der Waals surface area (Å²) >= 11 is 0. The van der Waals surface area contributed by atoms with Gasteiger partial charge in [0.05, 0.1) is 12.9 Å². The third kappa shape index (κ3) is 5.39. The third-order valence-electron chi connectivity index (χ3n) is 5.83. The number of aliphatic hydroxyl groups is 2. The molecule has 2 amide bonds. The Balaban J connectivity index is 1.60. The minimum Gasteiger partial charge on any atom is -0.387 e. The number of amides is 2. The molecule has 3 heterocycles. The summed E-state index contributed by atoms with van der Waals surface area (Å²) < 4.78 is 6.99. The van der Waals surface area contributed by atoms with Gasteiger partial charge in [-0.25, -0.2) is 15.0 Å². The van der Waals surface area contributed by atoms with Crippen molar-refractivity contribution >= 4 is 28.8 Å². The van der Waals surface area contributed by atoms with E-state index in [9.17, 15) is 19.8 Å². The van der Waals surface area contributed by atoms with Gasteiger partial charge in [-0.1, -0.05) is 38.0 Å². The fourth-order valence-electron chi connectivity index (χ4n) is 4.07. The molecule has 1 aromatic carbocycles. The highest BCUT2D eigenvalue weighted by atomic mass is 16.6. The van der Waals surface area contributed by atoms with Gasteiger partial charge in [-0.3, -0.25) is 14.2 Å². The predicted octanol–water partition coefficient (Wildman–Crippen LogP) is -0.0764. The number of ether oxygens (including phenoxy) is 1. The number of nitrogen functional groups attached to an aromatic ring is 1. The van der Waals surface area contributed by atoms with Gasteiger partial charge in [0.25, 0.3) is 11.8 Å². The summed E-state index contributed by atoms with van der Waals surface area (Å²) in [7, 11) is 1.40. The smallest absolute Gasteiger partial charge is 0.254 e. The number of nitrogens with zero attached hydrogens (tertiary/aromatic N) is 5. The van der Waals surface area contributed by atoms with E-state index in [1.807, 2.05) is 32.0 Å². The van der Waals surface area contributed by atoms with E-state index in [4.69, 9.17) is 10.5 Å². The summed E-state index contributed by atoms with van der Waals surface area (Å²) in [4.78, 5) is 39.4. The lowest BCUT2D eigenvalue weighted by molar-refractivity contribution is -0.137. The van der Waals surface area contributed by atoms with Gasteiger partial charge in [-0.2, -0.15) is 0 Å². The summed E-state index contributed by atoms with van der Waals surface area (Å²) in [5.74, 6) is 5.47. The highest BCUT2D eigenvalue weighted by Gasteiger charge is 2.47. The molecule has 3 aromatic rings. The maximum Gasteiger partial charge on any atom is 0.254 e. The van der Waals surface area contributed by atoms with Crippen LogP contribution < -0.4 is 11.1 Å². The second kappa shape index (κ2) is 10.9. The van der Waals surface area contributed by atoms with Crippen molar-refractivity contribution < 1.29 is 24.5 Å². The number of imidazole rings is 1. The van der Waals surface area contributed by atoms with Gasteiger partial charge in [0.15, 0.2) is 23.8 Å². The molecule has 4 rings (SSSR count). The monoisotopic (exact) mass is 507 g/mol. The number of hydrogen-bond donors (Lipinski definition) is 4. The molecule has 194 valence electrons. The van der Waals surface area contributed by atoms with Crippen LogP contribution in [0.3, 0.4) is 0 Å². The summed E-state index contributed by atoms with van der Waals surface area (Å²) in [6, 6.07) is 8.98. The summed E-state index contributed by atoms with van der Waals surface area (Å²) in [6.45, 7) is 4.70. The summed E-state index contributed by atoms with van der Waals surface area (Å²) in [5.41, 5.74) is 7.11. The highest BCUT2D eigenvalue weighted by Crippen LogP contribution is 2.32. The zero-order valence-electron chi connectivity index (χ0n) is 20.7. The lowest BCUT2D eigenvalue weighted by Gasteiger charge is -2.22. The Morgan fingerprint density at radius 2 is 1.95 bits per heavy atom. The number of hydrogen-bond acceptors (Lipinski definition) is 9. The molecule has 1 fully saturated rings. The standard InChI is InChI=1S/C25H29N7O5/c1-14(2)12-31(24(36)15-8-5-4-6-9-15)11-7-10-16-29-21(26)17-22(30-16)32(13-28-17)25-19(34)18(33)20(37-25)23(35)27-3/h4-6,8-9,13-14,18-20,25,33-34H,11-12H2,1-3H3,(H,27,35)(H2,26,29,30)/t18-,19?,20-,25+/m0/s1. The first-order chi connectivity index (χ1) is 17.7. The Kier molecular flexibility index (Phi) is 7.68. The van der Waals surface area contributed by atoms with Crippen molar-refractivity contribution in [2.24, 2.45) is 5.92 Å². The van der Waals surface area contributed by atoms with E-state index in [1.54, 1.807) is 17.0 Å². The molecule has 4 atom stereocenters. The Morgan fingerprint density at radius 3 is 2.62 bits per heavy atom. The molecule has 1 aliphatic heterocycles. The average molecular weight is 508 g/mol. The molecular weight excluding hydrogens is 478 g/mol.